The van der Waals surface area contributed by atoms with Gasteiger partial charge in [0.15, 0.2) is 0 Å². The molecule has 0 atom stereocenters. The second-order valence-corrected chi connectivity index (χ2v) is 5.75. The minimum atomic E-state index is -0.788. The lowest BCUT2D eigenvalue weighted by atomic mass is 9.86. The van der Waals surface area contributed by atoms with Gasteiger partial charge in [0.2, 0.25) is 11.8 Å². The molecule has 5 nitrogen and oxygen atoms in total. The van der Waals surface area contributed by atoms with E-state index in [1.807, 2.05) is 0 Å². The molecule has 2 rings (SSSR count). The summed E-state index contributed by atoms with van der Waals surface area (Å²) in [4.78, 5) is 26.6. The molecule has 0 bridgehead atoms. The van der Waals surface area contributed by atoms with Crippen LogP contribution in [0.3, 0.4) is 0 Å². The fourth-order valence-electron chi connectivity index (χ4n) is 2.94. The first-order chi connectivity index (χ1) is 8.44. The van der Waals surface area contributed by atoms with Crippen LogP contribution < -0.4 is 5.32 Å². The molecular weight excluding hydrogens is 232 g/mol. The molecule has 0 aromatic heterocycles. The van der Waals surface area contributed by atoms with E-state index in [1.165, 1.54) is 0 Å². The van der Waals surface area contributed by atoms with E-state index in [2.05, 4.69) is 5.32 Å². The first-order valence-corrected chi connectivity index (χ1v) is 6.58. The summed E-state index contributed by atoms with van der Waals surface area (Å²) in [5, 5.41) is 2.97. The van der Waals surface area contributed by atoms with Gasteiger partial charge in [0, 0.05) is 13.7 Å². The molecule has 1 saturated heterocycles. The molecular formula is C13H22N2O3. The molecule has 0 radical (unpaired) electrons. The van der Waals surface area contributed by atoms with Gasteiger partial charge in [-0.3, -0.25) is 9.59 Å². The zero-order valence-corrected chi connectivity index (χ0v) is 11.4. The maximum absolute atomic E-state index is 12.7. The summed E-state index contributed by atoms with van der Waals surface area (Å²) >= 11 is 0. The van der Waals surface area contributed by atoms with Crippen molar-refractivity contribution in [1.29, 1.82) is 0 Å². The molecule has 1 N–H and O–H groups in total. The highest BCUT2D eigenvalue weighted by atomic mass is 16.5. The zero-order chi connectivity index (χ0) is 13.4. The van der Waals surface area contributed by atoms with Gasteiger partial charge in [0.1, 0.15) is 11.1 Å². The highest BCUT2D eigenvalue weighted by Crippen LogP contribution is 2.37. The van der Waals surface area contributed by atoms with Crippen LogP contribution in [0.25, 0.3) is 0 Å². The molecule has 1 aliphatic carbocycles. The van der Waals surface area contributed by atoms with Crippen molar-refractivity contribution in [3.8, 4) is 0 Å². The van der Waals surface area contributed by atoms with Crippen molar-refractivity contribution in [1.82, 2.24) is 10.2 Å². The van der Waals surface area contributed by atoms with E-state index in [-0.39, 0.29) is 11.8 Å². The fraction of sp³-hybridized carbons (Fsp3) is 0.846. The summed E-state index contributed by atoms with van der Waals surface area (Å²) in [6, 6.07) is 0. The van der Waals surface area contributed by atoms with Crippen LogP contribution in [-0.2, 0) is 14.3 Å². The summed E-state index contributed by atoms with van der Waals surface area (Å²) in [5.41, 5.74) is -1.43. The van der Waals surface area contributed by atoms with E-state index in [4.69, 9.17) is 4.74 Å². The maximum atomic E-state index is 12.7. The SMILES string of the molecule is COCCN1C(=O)C2(CCCC2)NC(=O)C1(C)C. The number of hydrogen-bond acceptors (Lipinski definition) is 3. The minimum Gasteiger partial charge on any atom is -0.383 e. The van der Waals surface area contributed by atoms with Gasteiger partial charge in [-0.2, -0.15) is 0 Å². The average molecular weight is 254 g/mol. The minimum absolute atomic E-state index is 0.0555. The van der Waals surface area contributed by atoms with Crippen molar-refractivity contribution >= 4 is 11.8 Å². The maximum Gasteiger partial charge on any atom is 0.249 e. The van der Waals surface area contributed by atoms with Gasteiger partial charge in [-0.15, -0.1) is 0 Å². The number of nitrogens with one attached hydrogen (secondary N) is 1. The Hall–Kier alpha value is -1.10. The molecule has 5 heteroatoms. The van der Waals surface area contributed by atoms with Gasteiger partial charge >= 0.3 is 0 Å². The molecule has 2 fully saturated rings. The summed E-state index contributed by atoms with van der Waals surface area (Å²) in [5.74, 6) is 0.00162. The number of rotatable bonds is 3. The Morgan fingerprint density at radius 1 is 1.28 bits per heavy atom. The first-order valence-electron chi connectivity index (χ1n) is 6.58. The Balaban J connectivity index is 2.27. The Morgan fingerprint density at radius 3 is 2.44 bits per heavy atom. The van der Waals surface area contributed by atoms with Crippen LogP contribution >= 0.6 is 0 Å². The zero-order valence-electron chi connectivity index (χ0n) is 11.4. The predicted octanol–water partition coefficient (Wildman–Crippen LogP) is 0.683. The van der Waals surface area contributed by atoms with Crippen molar-refractivity contribution in [2.45, 2.75) is 50.6 Å². The van der Waals surface area contributed by atoms with Crippen LogP contribution in [-0.4, -0.2) is 48.1 Å². The lowest BCUT2D eigenvalue weighted by Crippen LogP contribution is -2.73. The molecule has 1 aliphatic heterocycles. The Kier molecular flexibility index (Phi) is 3.36. The third kappa shape index (κ3) is 1.90. The number of piperazine rings is 1. The van der Waals surface area contributed by atoms with Crippen molar-refractivity contribution in [2.24, 2.45) is 0 Å². The van der Waals surface area contributed by atoms with Crippen molar-refractivity contribution in [3.05, 3.63) is 0 Å². The molecule has 0 aromatic rings. The Morgan fingerprint density at radius 2 is 1.89 bits per heavy atom. The third-order valence-corrected chi connectivity index (χ3v) is 4.21. The van der Waals surface area contributed by atoms with Crippen LogP contribution in [0.4, 0.5) is 0 Å². The van der Waals surface area contributed by atoms with Gasteiger partial charge in [0.25, 0.3) is 0 Å². The first kappa shape index (κ1) is 13.3. The van der Waals surface area contributed by atoms with Crippen molar-refractivity contribution < 1.29 is 14.3 Å². The molecule has 102 valence electrons. The van der Waals surface area contributed by atoms with Crippen LogP contribution in [0.1, 0.15) is 39.5 Å². The van der Waals surface area contributed by atoms with Crippen molar-refractivity contribution in [2.75, 3.05) is 20.3 Å². The summed E-state index contributed by atoms with van der Waals surface area (Å²) in [7, 11) is 1.60. The van der Waals surface area contributed by atoms with E-state index in [1.54, 1.807) is 25.9 Å². The van der Waals surface area contributed by atoms with E-state index >= 15 is 0 Å². The van der Waals surface area contributed by atoms with Crippen LogP contribution in [0.15, 0.2) is 0 Å². The molecule has 18 heavy (non-hydrogen) atoms. The lowest BCUT2D eigenvalue weighted by Gasteiger charge is -2.48. The van der Waals surface area contributed by atoms with E-state index < -0.39 is 11.1 Å². The number of nitrogens with zero attached hydrogens (tertiary/aromatic N) is 1. The largest absolute Gasteiger partial charge is 0.383 e. The van der Waals surface area contributed by atoms with E-state index in [0.29, 0.717) is 13.2 Å². The molecule has 1 heterocycles. The second kappa shape index (κ2) is 4.53. The highest BCUT2D eigenvalue weighted by Gasteiger charge is 2.55. The van der Waals surface area contributed by atoms with Gasteiger partial charge in [-0.25, -0.2) is 0 Å². The van der Waals surface area contributed by atoms with Crippen LogP contribution in [0.5, 0.6) is 0 Å². The molecule has 2 amide bonds. The topological polar surface area (TPSA) is 58.6 Å². The molecule has 0 unspecified atom stereocenters. The lowest BCUT2D eigenvalue weighted by molar-refractivity contribution is -0.161. The number of amides is 2. The fourth-order valence-corrected chi connectivity index (χ4v) is 2.94. The quantitative estimate of drug-likeness (QED) is 0.806. The Labute approximate surface area is 108 Å². The second-order valence-electron chi connectivity index (χ2n) is 5.75. The number of carbonyl (C=O) groups excluding carboxylic acids is 2. The number of carbonyl (C=O) groups is 2. The monoisotopic (exact) mass is 254 g/mol. The van der Waals surface area contributed by atoms with Crippen LogP contribution in [0, 0.1) is 0 Å². The summed E-state index contributed by atoms with van der Waals surface area (Å²) < 4.78 is 5.05. The standard InChI is InChI=1S/C13H22N2O3/c1-12(2)10(16)14-13(6-4-5-7-13)11(17)15(12)8-9-18-3/h4-9H2,1-3H3,(H,14,16). The highest BCUT2D eigenvalue weighted by molar-refractivity contribution is 6.02. The predicted molar refractivity (Wildman–Crippen MR) is 67.0 cm³/mol. The number of ether oxygens (including phenoxy) is 1. The van der Waals surface area contributed by atoms with Gasteiger partial charge in [-0.1, -0.05) is 12.8 Å². The molecule has 2 aliphatic rings. The normalized spacial score (nSPS) is 25.6. The third-order valence-electron chi connectivity index (χ3n) is 4.21. The van der Waals surface area contributed by atoms with Gasteiger partial charge in [0.05, 0.1) is 6.61 Å². The van der Waals surface area contributed by atoms with Crippen LogP contribution in [0.2, 0.25) is 0 Å². The van der Waals surface area contributed by atoms with E-state index in [0.717, 1.165) is 25.7 Å². The Bertz CT molecular complexity index is 359. The van der Waals surface area contributed by atoms with Gasteiger partial charge < -0.3 is 15.0 Å². The molecule has 1 saturated carbocycles. The molecule has 1 spiro atoms. The molecule has 0 aromatic carbocycles. The average Bonchev–Trinajstić information content (AvgIpc) is 2.77. The van der Waals surface area contributed by atoms with Gasteiger partial charge in [-0.05, 0) is 26.7 Å². The van der Waals surface area contributed by atoms with E-state index in [9.17, 15) is 9.59 Å². The number of hydrogen-bond donors (Lipinski definition) is 1. The smallest absolute Gasteiger partial charge is 0.249 e. The van der Waals surface area contributed by atoms with Crippen molar-refractivity contribution in [3.63, 3.8) is 0 Å². The summed E-state index contributed by atoms with van der Waals surface area (Å²) in [6.45, 7) is 4.51. The summed E-state index contributed by atoms with van der Waals surface area (Å²) in [6.07, 6.45) is 3.53. The number of methoxy groups -OCH3 is 1.